The quantitative estimate of drug-likeness (QED) is 0.835. The van der Waals surface area contributed by atoms with Crippen molar-refractivity contribution in [2.45, 2.75) is 31.8 Å². The smallest absolute Gasteiger partial charge is 0.236 e. The van der Waals surface area contributed by atoms with Gasteiger partial charge in [-0.05, 0) is 31.4 Å². The second kappa shape index (κ2) is 5.27. The van der Waals surface area contributed by atoms with Crippen LogP contribution in [0.15, 0.2) is 24.5 Å². The predicted octanol–water partition coefficient (Wildman–Crippen LogP) is 1.35. The van der Waals surface area contributed by atoms with E-state index in [1.165, 1.54) is 0 Å². The van der Waals surface area contributed by atoms with Crippen LogP contribution < -0.4 is 5.32 Å². The molecule has 0 aromatic carbocycles. The summed E-state index contributed by atoms with van der Waals surface area (Å²) in [5, 5.41) is 3.23. The third-order valence-electron chi connectivity index (χ3n) is 3.23. The summed E-state index contributed by atoms with van der Waals surface area (Å²) < 4.78 is 0. The number of nitrogens with zero attached hydrogens (tertiary/aromatic N) is 2. The molecule has 1 heterocycles. The van der Waals surface area contributed by atoms with Crippen molar-refractivity contribution in [1.29, 1.82) is 0 Å². The fourth-order valence-corrected chi connectivity index (χ4v) is 1.78. The minimum Gasteiger partial charge on any atom is -0.342 e. The Balaban J connectivity index is 1.79. The largest absolute Gasteiger partial charge is 0.342 e. The maximum atomic E-state index is 11.8. The van der Waals surface area contributed by atoms with Crippen LogP contribution in [0.4, 0.5) is 0 Å². The summed E-state index contributed by atoms with van der Waals surface area (Å²) >= 11 is 0. The second-order valence-corrected chi connectivity index (χ2v) is 4.62. The molecule has 1 aliphatic rings. The van der Waals surface area contributed by atoms with Gasteiger partial charge < -0.3 is 10.2 Å². The molecule has 1 fully saturated rings. The average molecular weight is 233 g/mol. The van der Waals surface area contributed by atoms with Gasteiger partial charge in [-0.3, -0.25) is 9.78 Å². The number of amides is 1. The van der Waals surface area contributed by atoms with E-state index in [9.17, 15) is 4.79 Å². The highest BCUT2D eigenvalue weighted by Crippen LogP contribution is 2.25. The Morgan fingerprint density at radius 2 is 2.41 bits per heavy atom. The van der Waals surface area contributed by atoms with E-state index >= 15 is 0 Å². The molecule has 0 aliphatic heterocycles. The van der Waals surface area contributed by atoms with Crippen molar-refractivity contribution >= 4 is 5.91 Å². The lowest BCUT2D eigenvalue weighted by molar-refractivity contribution is -0.129. The summed E-state index contributed by atoms with van der Waals surface area (Å²) in [5.41, 5.74) is 1.11. The van der Waals surface area contributed by atoms with E-state index in [0.29, 0.717) is 12.6 Å². The van der Waals surface area contributed by atoms with E-state index in [2.05, 4.69) is 10.3 Å². The third kappa shape index (κ3) is 3.27. The minimum absolute atomic E-state index is 0.153. The molecule has 2 rings (SSSR count). The maximum absolute atomic E-state index is 11.8. The first-order valence-electron chi connectivity index (χ1n) is 6.07. The van der Waals surface area contributed by atoms with Crippen molar-refractivity contribution in [2.24, 2.45) is 0 Å². The number of likely N-dealkylation sites (N-methyl/N-ethyl adjacent to an activating group) is 1. The van der Waals surface area contributed by atoms with Crippen molar-refractivity contribution in [2.75, 3.05) is 13.6 Å². The van der Waals surface area contributed by atoms with E-state index in [-0.39, 0.29) is 11.9 Å². The van der Waals surface area contributed by atoms with Gasteiger partial charge in [-0.2, -0.15) is 0 Å². The first-order valence-corrected chi connectivity index (χ1v) is 6.07. The molecule has 17 heavy (non-hydrogen) atoms. The minimum atomic E-state index is 0.153. The fourth-order valence-electron chi connectivity index (χ4n) is 1.78. The van der Waals surface area contributed by atoms with Crippen molar-refractivity contribution in [3.05, 3.63) is 30.1 Å². The van der Waals surface area contributed by atoms with Crippen molar-refractivity contribution < 1.29 is 4.79 Å². The molecule has 4 heteroatoms. The number of carbonyl (C=O) groups excluding carboxylic acids is 1. The third-order valence-corrected chi connectivity index (χ3v) is 3.23. The number of pyridine rings is 1. The van der Waals surface area contributed by atoms with E-state index in [4.69, 9.17) is 0 Å². The summed E-state index contributed by atoms with van der Waals surface area (Å²) in [6.45, 7) is 2.43. The van der Waals surface area contributed by atoms with Gasteiger partial charge in [0.1, 0.15) is 0 Å². The molecule has 4 nitrogen and oxygen atoms in total. The zero-order valence-corrected chi connectivity index (χ0v) is 10.4. The molecule has 1 N–H and O–H groups in total. The lowest BCUT2D eigenvalue weighted by Crippen LogP contribution is -2.37. The Morgan fingerprint density at radius 1 is 1.65 bits per heavy atom. The van der Waals surface area contributed by atoms with Crippen molar-refractivity contribution in [1.82, 2.24) is 15.2 Å². The SMILES string of the molecule is C[C@H](NCC(=O)N(C)C1CC1)c1cccnc1. The standard InChI is InChI=1S/C13H19N3O/c1-10(11-4-3-7-14-8-11)15-9-13(17)16(2)12-5-6-12/h3-4,7-8,10,12,15H,5-6,9H2,1-2H3/t10-/m0/s1. The molecule has 1 atom stereocenters. The number of carbonyl (C=O) groups is 1. The summed E-state index contributed by atoms with van der Waals surface area (Å²) in [6, 6.07) is 4.56. The van der Waals surface area contributed by atoms with E-state index in [0.717, 1.165) is 18.4 Å². The van der Waals surface area contributed by atoms with Gasteiger partial charge in [0.2, 0.25) is 5.91 Å². The van der Waals surface area contributed by atoms with Crippen LogP contribution in [-0.4, -0.2) is 35.4 Å². The van der Waals surface area contributed by atoms with Crippen LogP contribution in [0.5, 0.6) is 0 Å². The van der Waals surface area contributed by atoms with Gasteiger partial charge in [-0.15, -0.1) is 0 Å². The number of aromatic nitrogens is 1. The normalized spacial score (nSPS) is 16.6. The molecule has 1 aliphatic carbocycles. The molecule has 1 amide bonds. The Bertz CT molecular complexity index is 376. The Morgan fingerprint density at radius 3 is 3.00 bits per heavy atom. The van der Waals surface area contributed by atoms with Gasteiger partial charge >= 0.3 is 0 Å². The van der Waals surface area contributed by atoms with Crippen LogP contribution in [-0.2, 0) is 4.79 Å². The molecule has 0 bridgehead atoms. The van der Waals surface area contributed by atoms with Gasteiger partial charge in [0.05, 0.1) is 6.54 Å². The Labute approximate surface area is 102 Å². The van der Waals surface area contributed by atoms with Crippen LogP contribution in [0.3, 0.4) is 0 Å². The van der Waals surface area contributed by atoms with Gasteiger partial charge in [-0.1, -0.05) is 6.07 Å². The number of nitrogens with one attached hydrogen (secondary N) is 1. The molecule has 0 unspecified atom stereocenters. The molecule has 0 saturated heterocycles. The molecule has 92 valence electrons. The highest BCUT2D eigenvalue weighted by Gasteiger charge is 2.29. The lowest BCUT2D eigenvalue weighted by atomic mass is 10.1. The highest BCUT2D eigenvalue weighted by atomic mass is 16.2. The molecule has 1 aromatic heterocycles. The molecule has 1 saturated carbocycles. The van der Waals surface area contributed by atoms with E-state index < -0.39 is 0 Å². The van der Waals surface area contributed by atoms with Crippen LogP contribution in [0.25, 0.3) is 0 Å². The van der Waals surface area contributed by atoms with Crippen LogP contribution in [0.1, 0.15) is 31.4 Å². The molecule has 0 radical (unpaired) electrons. The highest BCUT2D eigenvalue weighted by molar-refractivity contribution is 5.78. The predicted molar refractivity (Wildman–Crippen MR) is 66.4 cm³/mol. The maximum Gasteiger partial charge on any atom is 0.236 e. The van der Waals surface area contributed by atoms with Gasteiger partial charge in [0, 0.05) is 31.5 Å². The summed E-state index contributed by atoms with van der Waals surface area (Å²) in [4.78, 5) is 17.7. The zero-order chi connectivity index (χ0) is 12.3. The Kier molecular flexibility index (Phi) is 3.74. The molecular formula is C13H19N3O. The number of rotatable bonds is 5. The monoisotopic (exact) mass is 233 g/mol. The summed E-state index contributed by atoms with van der Waals surface area (Å²) in [6.07, 6.45) is 5.88. The van der Waals surface area contributed by atoms with Crippen LogP contribution in [0, 0.1) is 0 Å². The fraction of sp³-hybridized carbons (Fsp3) is 0.538. The van der Waals surface area contributed by atoms with Crippen molar-refractivity contribution in [3.8, 4) is 0 Å². The van der Waals surface area contributed by atoms with Crippen LogP contribution in [0.2, 0.25) is 0 Å². The number of hydrogen-bond acceptors (Lipinski definition) is 3. The summed E-state index contributed by atoms with van der Waals surface area (Å²) in [5.74, 6) is 0.170. The average Bonchev–Trinajstić information content (AvgIpc) is 3.20. The lowest BCUT2D eigenvalue weighted by Gasteiger charge is -2.19. The van der Waals surface area contributed by atoms with E-state index in [1.54, 1.807) is 6.20 Å². The number of hydrogen-bond donors (Lipinski definition) is 1. The van der Waals surface area contributed by atoms with Crippen LogP contribution >= 0.6 is 0 Å². The topological polar surface area (TPSA) is 45.2 Å². The van der Waals surface area contributed by atoms with Crippen molar-refractivity contribution in [3.63, 3.8) is 0 Å². The van der Waals surface area contributed by atoms with Gasteiger partial charge in [0.25, 0.3) is 0 Å². The first-order chi connectivity index (χ1) is 8.18. The molecule has 0 spiro atoms. The summed E-state index contributed by atoms with van der Waals surface area (Å²) in [7, 11) is 1.89. The van der Waals surface area contributed by atoms with E-state index in [1.807, 2.05) is 37.2 Å². The zero-order valence-electron chi connectivity index (χ0n) is 10.4. The Hall–Kier alpha value is -1.42. The van der Waals surface area contributed by atoms with Gasteiger partial charge in [-0.25, -0.2) is 0 Å². The van der Waals surface area contributed by atoms with Gasteiger partial charge in [0.15, 0.2) is 0 Å². The molecule has 1 aromatic rings. The molecular weight excluding hydrogens is 214 g/mol. The first kappa shape index (κ1) is 12.0. The second-order valence-electron chi connectivity index (χ2n) is 4.62.